The second kappa shape index (κ2) is 23.4. The van der Waals surface area contributed by atoms with Crippen LogP contribution in [0.4, 0.5) is 0 Å². The van der Waals surface area contributed by atoms with E-state index in [1.165, 1.54) is 33.4 Å². The molecule has 2 N–H and O–H groups in total. The lowest BCUT2D eigenvalue weighted by Gasteiger charge is -2.19. The van der Waals surface area contributed by atoms with Crippen molar-refractivity contribution in [3.8, 4) is 0 Å². The van der Waals surface area contributed by atoms with E-state index in [4.69, 9.17) is 0 Å². The van der Waals surface area contributed by atoms with Gasteiger partial charge in [-0.15, -0.1) is 6.58 Å². The number of allylic oxidation sites excluding steroid dienone is 10. The molecule has 2 heteroatoms. The minimum absolute atomic E-state index is 0.0224. The van der Waals surface area contributed by atoms with E-state index in [9.17, 15) is 0 Å². The van der Waals surface area contributed by atoms with E-state index < -0.39 is 0 Å². The van der Waals surface area contributed by atoms with Crippen LogP contribution >= 0.6 is 0 Å². The van der Waals surface area contributed by atoms with Crippen LogP contribution in [0.3, 0.4) is 0 Å². The van der Waals surface area contributed by atoms with Gasteiger partial charge >= 0.3 is 0 Å². The molecule has 2 nitrogen and oxygen atoms in total. The zero-order chi connectivity index (χ0) is 34.4. The second-order valence-electron chi connectivity index (χ2n) is 11.5. The number of rotatable bonds is 15. The van der Waals surface area contributed by atoms with Gasteiger partial charge in [0, 0.05) is 24.0 Å². The molecule has 0 unspecified atom stereocenters. The van der Waals surface area contributed by atoms with Crippen LogP contribution in [0.1, 0.15) is 85.4 Å². The molecule has 0 aromatic heterocycles. The van der Waals surface area contributed by atoms with E-state index in [0.29, 0.717) is 6.54 Å². The molecule has 44 heavy (non-hydrogen) atoms. The van der Waals surface area contributed by atoms with Gasteiger partial charge in [0.2, 0.25) is 0 Å². The molecule has 0 spiro atoms. The zero-order valence-corrected chi connectivity index (χ0v) is 29.8. The monoisotopic (exact) mass is 594 g/mol. The van der Waals surface area contributed by atoms with Crippen LogP contribution in [0.5, 0.6) is 0 Å². The first kappa shape index (κ1) is 42.1. The molecule has 1 atom stereocenters. The highest BCUT2D eigenvalue weighted by atomic mass is 14.9. The maximum Gasteiger partial charge on any atom is 0.0479 e. The SMILES string of the molecule is C=C(C)C.C=CC(/C=C\C(=C)[C@H](C)NC(=C)C(=C)/C=C(\C)C(=C)NCc1ccc(CC(=C)CC)c(C)c1)=C/C.CC=C(C)C. The third-order valence-electron chi connectivity index (χ3n) is 6.69. The lowest BCUT2D eigenvalue weighted by atomic mass is 9.98. The van der Waals surface area contributed by atoms with Gasteiger partial charge in [-0.3, -0.25) is 0 Å². The Morgan fingerprint density at radius 2 is 1.45 bits per heavy atom. The first-order valence-electron chi connectivity index (χ1n) is 15.4. The molecule has 1 aromatic rings. The molecule has 0 bridgehead atoms. The Labute approximate surface area is 272 Å². The second-order valence-corrected chi connectivity index (χ2v) is 11.5. The van der Waals surface area contributed by atoms with Gasteiger partial charge in [0.15, 0.2) is 0 Å². The summed E-state index contributed by atoms with van der Waals surface area (Å²) in [5, 5.41) is 6.81. The summed E-state index contributed by atoms with van der Waals surface area (Å²) in [6.07, 6.45) is 13.9. The Morgan fingerprint density at radius 1 is 0.886 bits per heavy atom. The summed E-state index contributed by atoms with van der Waals surface area (Å²) in [5.41, 5.74) is 13.1. The molecule has 1 aromatic carbocycles. The van der Waals surface area contributed by atoms with Crippen molar-refractivity contribution in [2.45, 2.75) is 94.7 Å². The van der Waals surface area contributed by atoms with Gasteiger partial charge in [0.05, 0.1) is 0 Å². The van der Waals surface area contributed by atoms with Crippen LogP contribution in [-0.4, -0.2) is 6.04 Å². The third-order valence-corrected chi connectivity index (χ3v) is 6.69. The highest BCUT2D eigenvalue weighted by Gasteiger charge is 2.08. The van der Waals surface area contributed by atoms with Gasteiger partial charge in [-0.05, 0) is 120 Å². The summed E-state index contributed by atoms with van der Waals surface area (Å²) >= 11 is 0. The van der Waals surface area contributed by atoms with Crippen LogP contribution in [-0.2, 0) is 13.0 Å². The largest absolute Gasteiger partial charge is 0.381 e. The number of nitrogens with one attached hydrogen (secondary N) is 2. The molecule has 0 aliphatic carbocycles. The summed E-state index contributed by atoms with van der Waals surface area (Å²) < 4.78 is 0. The van der Waals surface area contributed by atoms with Gasteiger partial charge in [-0.25, -0.2) is 0 Å². The number of benzene rings is 1. The fourth-order valence-electron chi connectivity index (χ4n) is 3.32. The van der Waals surface area contributed by atoms with E-state index >= 15 is 0 Å². The fourth-order valence-corrected chi connectivity index (χ4v) is 3.32. The molecule has 0 heterocycles. The smallest absolute Gasteiger partial charge is 0.0479 e. The molecule has 240 valence electrons. The first-order chi connectivity index (χ1) is 20.5. The van der Waals surface area contributed by atoms with E-state index in [-0.39, 0.29) is 6.04 Å². The van der Waals surface area contributed by atoms with Crippen molar-refractivity contribution in [2.24, 2.45) is 0 Å². The molecule has 0 radical (unpaired) electrons. The van der Waals surface area contributed by atoms with Gasteiger partial charge in [0.1, 0.15) is 0 Å². The van der Waals surface area contributed by atoms with Crippen LogP contribution in [0.25, 0.3) is 0 Å². The highest BCUT2D eigenvalue weighted by Crippen LogP contribution is 2.18. The predicted octanol–water partition coefficient (Wildman–Crippen LogP) is 11.9. The Hall–Kier alpha value is -4.04. The Kier molecular flexibility index (Phi) is 22.4. The van der Waals surface area contributed by atoms with Crippen LogP contribution < -0.4 is 10.6 Å². The topological polar surface area (TPSA) is 24.1 Å². The molecule has 0 amide bonds. The summed E-state index contributed by atoms with van der Waals surface area (Å²) in [6, 6.07) is 6.64. The van der Waals surface area contributed by atoms with E-state index in [0.717, 1.165) is 46.5 Å². The van der Waals surface area contributed by atoms with Crippen LogP contribution in [0, 0.1) is 6.92 Å². The highest BCUT2D eigenvalue weighted by molar-refractivity contribution is 5.43. The average Bonchev–Trinajstić information content (AvgIpc) is 2.97. The zero-order valence-electron chi connectivity index (χ0n) is 29.8. The number of hydrogen-bond acceptors (Lipinski definition) is 2. The molecular formula is C42H62N2. The maximum absolute atomic E-state index is 4.20. The average molecular weight is 595 g/mol. The van der Waals surface area contributed by atoms with Crippen molar-refractivity contribution in [2.75, 3.05) is 0 Å². The first-order valence-corrected chi connectivity index (χ1v) is 15.4. The number of hydrogen-bond donors (Lipinski definition) is 2. The maximum atomic E-state index is 4.20. The molecular weight excluding hydrogens is 532 g/mol. The van der Waals surface area contributed by atoms with Crippen molar-refractivity contribution in [3.63, 3.8) is 0 Å². The van der Waals surface area contributed by atoms with Crippen molar-refractivity contribution in [3.05, 3.63) is 168 Å². The summed E-state index contributed by atoms with van der Waals surface area (Å²) in [4.78, 5) is 0. The minimum Gasteiger partial charge on any atom is -0.381 e. The molecule has 0 saturated carbocycles. The van der Waals surface area contributed by atoms with Gasteiger partial charge in [-0.2, -0.15) is 0 Å². The molecule has 0 fully saturated rings. The molecule has 1 rings (SSSR count). The Morgan fingerprint density at radius 3 is 1.91 bits per heavy atom. The lowest BCUT2D eigenvalue weighted by molar-refractivity contribution is 0.718. The quantitative estimate of drug-likeness (QED) is 0.156. The Bertz CT molecular complexity index is 1280. The lowest BCUT2D eigenvalue weighted by Crippen LogP contribution is -2.26. The molecule has 0 aliphatic heterocycles. The van der Waals surface area contributed by atoms with E-state index in [1.807, 2.05) is 65.0 Å². The van der Waals surface area contributed by atoms with Crippen LogP contribution in [0.15, 0.2) is 151 Å². The predicted molar refractivity (Wildman–Crippen MR) is 203 cm³/mol. The third kappa shape index (κ3) is 20.0. The standard InChI is InChI=1S/C33H44N2.C5H10.C4H8/c1-12-23(4)19-33-18-17-32(21-27(33)8)22-34-28(9)25(6)20-26(7)30(11)35-29(10)24(5)15-16-31(13-2)14-3;1-4-5(2)3;1-4(2)3/h13-18,20-21,29,34-35H,2,4-5,7,9,11-12,19,22H2,1,3,6,8,10H3;4H,1-3H3;1H2,2-3H3/b16-15-,25-20+,31-14-;;/t29-;;/m0../s1. The summed E-state index contributed by atoms with van der Waals surface area (Å²) in [6.45, 7) is 49.4. The van der Waals surface area contributed by atoms with Crippen molar-refractivity contribution in [1.82, 2.24) is 10.6 Å². The minimum atomic E-state index is 0.0224. The van der Waals surface area contributed by atoms with Crippen molar-refractivity contribution < 1.29 is 0 Å². The molecule has 0 saturated heterocycles. The van der Waals surface area contributed by atoms with E-state index in [2.05, 4.69) is 116 Å². The normalized spacial score (nSPS) is 11.5. The fraction of sp³-hybridized carbons (Fsp3) is 0.333. The number of aryl methyl sites for hydroxylation is 1. The van der Waals surface area contributed by atoms with Gasteiger partial charge in [0.25, 0.3) is 0 Å². The van der Waals surface area contributed by atoms with Crippen LogP contribution in [0.2, 0.25) is 0 Å². The van der Waals surface area contributed by atoms with Crippen molar-refractivity contribution >= 4 is 0 Å². The van der Waals surface area contributed by atoms with Gasteiger partial charge < -0.3 is 10.6 Å². The van der Waals surface area contributed by atoms with Crippen molar-refractivity contribution in [1.29, 1.82) is 0 Å². The Balaban J connectivity index is 0. The molecule has 0 aliphatic rings. The summed E-state index contributed by atoms with van der Waals surface area (Å²) in [7, 11) is 0. The van der Waals surface area contributed by atoms with Gasteiger partial charge in [-0.1, -0.05) is 112 Å². The summed E-state index contributed by atoms with van der Waals surface area (Å²) in [5.74, 6) is 0. The van der Waals surface area contributed by atoms with E-state index in [1.54, 1.807) is 0 Å².